The van der Waals surface area contributed by atoms with E-state index in [1.54, 1.807) is 13.1 Å². The Morgan fingerprint density at radius 1 is 1.11 bits per heavy atom. The van der Waals surface area contributed by atoms with Crippen LogP contribution >= 0.6 is 0 Å². The lowest BCUT2D eigenvalue weighted by Crippen LogP contribution is -2.22. The molecule has 3 rings (SSSR count). The van der Waals surface area contributed by atoms with Crippen LogP contribution in [0.15, 0.2) is 48.7 Å². The lowest BCUT2D eigenvalue weighted by molar-refractivity contribution is -0.118. The van der Waals surface area contributed by atoms with Crippen molar-refractivity contribution >= 4 is 16.6 Å². The molecule has 3 aromatic rings. The van der Waals surface area contributed by atoms with E-state index >= 15 is 0 Å². The highest BCUT2D eigenvalue weighted by Gasteiger charge is 2.26. The molecule has 0 amide bonds. The van der Waals surface area contributed by atoms with E-state index in [-0.39, 0.29) is 0 Å². The van der Waals surface area contributed by atoms with Gasteiger partial charge in [-0.25, -0.2) is 4.98 Å². The van der Waals surface area contributed by atoms with Crippen molar-refractivity contribution < 1.29 is 9.90 Å². The predicted molar refractivity (Wildman–Crippen MR) is 109 cm³/mol. The normalized spacial score (nSPS) is 13.6. The monoisotopic (exact) mass is 364 g/mol. The van der Waals surface area contributed by atoms with Gasteiger partial charge in [0.05, 0.1) is 11.9 Å². The molecule has 0 spiro atoms. The van der Waals surface area contributed by atoms with E-state index in [4.69, 9.17) is 0 Å². The van der Waals surface area contributed by atoms with Crippen LogP contribution < -0.4 is 0 Å². The molecule has 0 bridgehead atoms. The molecule has 2 aromatic carbocycles. The van der Waals surface area contributed by atoms with Gasteiger partial charge in [0, 0.05) is 18.4 Å². The molecular weight excluding hydrogens is 336 g/mol. The quantitative estimate of drug-likeness (QED) is 0.502. The number of fused-ring (bicyclic) bond motifs is 1. The fraction of sp³-hybridized carbons (Fsp3) is 0.391. The smallest absolute Gasteiger partial charge is 0.138 e. The number of carbonyl (C=O) groups is 1. The second-order valence-electron chi connectivity index (χ2n) is 7.43. The van der Waals surface area contributed by atoms with Gasteiger partial charge in [0.15, 0.2) is 0 Å². The first-order valence-electron chi connectivity index (χ1n) is 9.78. The zero-order valence-corrected chi connectivity index (χ0v) is 16.2. The van der Waals surface area contributed by atoms with Gasteiger partial charge in [0.2, 0.25) is 0 Å². The Morgan fingerprint density at radius 3 is 2.67 bits per heavy atom. The number of ketones is 1. The van der Waals surface area contributed by atoms with Crippen LogP contribution in [-0.4, -0.2) is 20.9 Å². The number of aromatic nitrogens is 2. The Bertz CT molecular complexity index is 911. The lowest BCUT2D eigenvalue weighted by atomic mass is 9.97. The van der Waals surface area contributed by atoms with Gasteiger partial charge in [-0.1, -0.05) is 56.2 Å². The number of hydrogen-bond acceptors (Lipinski definition) is 3. The molecule has 1 aromatic heterocycles. The number of nitrogens with zero attached hydrogens (tertiary/aromatic N) is 1. The maximum atomic E-state index is 11.3. The number of H-pyrrole nitrogens is 1. The molecule has 0 aliphatic rings. The van der Waals surface area contributed by atoms with Gasteiger partial charge in [0.1, 0.15) is 17.2 Å². The maximum Gasteiger partial charge on any atom is 0.138 e. The number of hydrogen-bond donors (Lipinski definition) is 2. The standard InChI is InChI=1S/C23H28N2O2/c1-3-20(26)11-5-4-8-14-23(2,27)22-24-16-21(25-22)19-13-12-17-9-6-7-10-18(17)15-19/h6-7,9-10,12-13,15-16,27H,3-5,8,11,14H2,1-2H3,(H,24,25). The van der Waals surface area contributed by atoms with Crippen LogP contribution in [0.1, 0.15) is 58.2 Å². The number of rotatable bonds is 9. The average molecular weight is 364 g/mol. The minimum atomic E-state index is -0.996. The van der Waals surface area contributed by atoms with Crippen molar-refractivity contribution in [3.8, 4) is 11.3 Å². The number of carbonyl (C=O) groups excluding carboxylic acids is 1. The van der Waals surface area contributed by atoms with Crippen molar-refractivity contribution in [2.24, 2.45) is 0 Å². The summed E-state index contributed by atoms with van der Waals surface area (Å²) in [6, 6.07) is 14.5. The Labute approximate surface area is 160 Å². The third-order valence-electron chi connectivity index (χ3n) is 5.16. The van der Waals surface area contributed by atoms with Crippen molar-refractivity contribution in [1.82, 2.24) is 9.97 Å². The molecule has 0 fully saturated rings. The Kier molecular flexibility index (Phi) is 6.07. The van der Waals surface area contributed by atoms with Crippen molar-refractivity contribution in [2.45, 2.75) is 58.0 Å². The summed E-state index contributed by atoms with van der Waals surface area (Å²) in [5.74, 6) is 0.906. The maximum absolute atomic E-state index is 11.3. The second kappa shape index (κ2) is 8.49. The van der Waals surface area contributed by atoms with Gasteiger partial charge >= 0.3 is 0 Å². The zero-order valence-electron chi connectivity index (χ0n) is 16.2. The molecule has 1 unspecified atom stereocenters. The summed E-state index contributed by atoms with van der Waals surface area (Å²) in [5, 5.41) is 13.2. The van der Waals surface area contributed by atoms with Crippen LogP contribution in [0.2, 0.25) is 0 Å². The molecule has 4 nitrogen and oxygen atoms in total. The predicted octanol–water partition coefficient (Wildman–Crippen LogP) is 5.37. The fourth-order valence-corrected chi connectivity index (χ4v) is 3.36. The first-order valence-corrected chi connectivity index (χ1v) is 9.78. The first kappa shape index (κ1) is 19.3. The highest BCUT2D eigenvalue weighted by molar-refractivity contribution is 5.86. The van der Waals surface area contributed by atoms with Crippen molar-refractivity contribution in [1.29, 1.82) is 0 Å². The Hall–Kier alpha value is -2.46. The summed E-state index contributed by atoms with van der Waals surface area (Å²) in [4.78, 5) is 19.1. The highest BCUT2D eigenvalue weighted by atomic mass is 16.3. The summed E-state index contributed by atoms with van der Waals surface area (Å²) >= 11 is 0. The number of unbranched alkanes of at least 4 members (excludes halogenated alkanes) is 2. The van der Waals surface area contributed by atoms with E-state index in [0.717, 1.165) is 30.5 Å². The Balaban J connectivity index is 1.63. The van der Waals surface area contributed by atoms with E-state index in [1.165, 1.54) is 10.8 Å². The van der Waals surface area contributed by atoms with Crippen molar-refractivity contribution in [3.05, 3.63) is 54.5 Å². The van der Waals surface area contributed by atoms with E-state index in [9.17, 15) is 9.90 Å². The number of aromatic amines is 1. The molecule has 0 saturated heterocycles. The largest absolute Gasteiger partial charge is 0.382 e. The summed E-state index contributed by atoms with van der Waals surface area (Å²) in [6.45, 7) is 3.70. The van der Waals surface area contributed by atoms with E-state index < -0.39 is 5.60 Å². The molecule has 4 heteroatoms. The first-order chi connectivity index (χ1) is 13.0. The summed E-state index contributed by atoms with van der Waals surface area (Å²) in [5.41, 5.74) is 0.968. The van der Waals surface area contributed by atoms with Gasteiger partial charge in [-0.05, 0) is 36.6 Å². The van der Waals surface area contributed by atoms with E-state index in [1.807, 2.05) is 19.1 Å². The minimum absolute atomic E-state index is 0.313. The van der Waals surface area contributed by atoms with Gasteiger partial charge in [-0.15, -0.1) is 0 Å². The SMILES string of the molecule is CCC(=O)CCCCCC(C)(O)c1ncc(-c2ccc3ccccc3c2)[nH]1. The highest BCUT2D eigenvalue weighted by Crippen LogP contribution is 2.28. The minimum Gasteiger partial charge on any atom is -0.382 e. The van der Waals surface area contributed by atoms with Crippen LogP contribution in [-0.2, 0) is 10.4 Å². The van der Waals surface area contributed by atoms with Gasteiger partial charge in [-0.2, -0.15) is 0 Å². The summed E-state index contributed by atoms with van der Waals surface area (Å²) < 4.78 is 0. The molecular formula is C23H28N2O2. The molecule has 1 atom stereocenters. The number of imidazole rings is 1. The summed E-state index contributed by atoms with van der Waals surface area (Å²) in [7, 11) is 0. The topological polar surface area (TPSA) is 66.0 Å². The zero-order chi connectivity index (χ0) is 19.3. The van der Waals surface area contributed by atoms with Gasteiger partial charge in [-0.3, -0.25) is 4.79 Å². The van der Waals surface area contributed by atoms with Crippen molar-refractivity contribution in [2.75, 3.05) is 0 Å². The molecule has 142 valence electrons. The third kappa shape index (κ3) is 4.83. The average Bonchev–Trinajstić information content (AvgIpc) is 3.18. The van der Waals surface area contributed by atoms with E-state index in [2.05, 4.69) is 40.3 Å². The van der Waals surface area contributed by atoms with Crippen LogP contribution in [0.3, 0.4) is 0 Å². The molecule has 0 saturated carbocycles. The van der Waals surface area contributed by atoms with Crippen LogP contribution in [0.4, 0.5) is 0 Å². The number of nitrogens with one attached hydrogen (secondary N) is 1. The van der Waals surface area contributed by atoms with Crippen molar-refractivity contribution in [3.63, 3.8) is 0 Å². The number of aliphatic hydroxyl groups is 1. The molecule has 0 aliphatic carbocycles. The summed E-state index contributed by atoms with van der Waals surface area (Å²) in [6.07, 6.45) is 6.37. The molecule has 2 N–H and O–H groups in total. The molecule has 27 heavy (non-hydrogen) atoms. The van der Waals surface area contributed by atoms with Crippen LogP contribution in [0.5, 0.6) is 0 Å². The van der Waals surface area contributed by atoms with Crippen LogP contribution in [0, 0.1) is 0 Å². The van der Waals surface area contributed by atoms with E-state index in [0.29, 0.717) is 30.9 Å². The number of Topliss-reactive ketones (excluding diaryl/α,β-unsaturated/α-hetero) is 1. The Morgan fingerprint density at radius 2 is 1.89 bits per heavy atom. The lowest BCUT2D eigenvalue weighted by Gasteiger charge is -2.20. The fourth-order valence-electron chi connectivity index (χ4n) is 3.36. The molecule has 0 aliphatic heterocycles. The third-order valence-corrected chi connectivity index (χ3v) is 5.16. The molecule has 0 radical (unpaired) electrons. The second-order valence-corrected chi connectivity index (χ2v) is 7.43. The number of benzene rings is 2. The van der Waals surface area contributed by atoms with Gasteiger partial charge < -0.3 is 10.1 Å². The van der Waals surface area contributed by atoms with Gasteiger partial charge in [0.25, 0.3) is 0 Å². The molecule has 1 heterocycles. The van der Waals surface area contributed by atoms with Crippen LogP contribution in [0.25, 0.3) is 22.0 Å².